The van der Waals surface area contributed by atoms with Crippen molar-refractivity contribution in [3.63, 3.8) is 0 Å². The highest BCUT2D eigenvalue weighted by Gasteiger charge is 2.39. The molecule has 0 bridgehead atoms. The number of fused-ring (bicyclic) bond motifs is 1. The summed E-state index contributed by atoms with van der Waals surface area (Å²) < 4.78 is 0. The molecule has 3 aliphatic heterocycles. The van der Waals surface area contributed by atoms with E-state index < -0.39 is 0 Å². The second kappa shape index (κ2) is 7.47. The first kappa shape index (κ1) is 18.6. The number of benzene rings is 1. The van der Waals surface area contributed by atoms with E-state index in [2.05, 4.69) is 0 Å². The van der Waals surface area contributed by atoms with E-state index >= 15 is 0 Å². The number of nitrogens with zero attached hydrogens (tertiary/aromatic N) is 3. The number of carbonyl (C=O) groups is 3. The third-order valence-electron chi connectivity index (χ3n) is 6.85. The van der Waals surface area contributed by atoms with E-state index in [-0.39, 0.29) is 29.6 Å². The highest BCUT2D eigenvalue weighted by atomic mass is 16.2. The smallest absolute Gasteiger partial charge is 0.230 e. The minimum Gasteiger partial charge on any atom is -0.342 e. The predicted octanol–water partition coefficient (Wildman–Crippen LogP) is 2.74. The van der Waals surface area contributed by atoms with Crippen LogP contribution in [0.5, 0.6) is 0 Å². The molecule has 2 saturated heterocycles. The van der Waals surface area contributed by atoms with Gasteiger partial charge < -0.3 is 14.7 Å². The fraction of sp³-hybridized carbons (Fsp3) is 0.609. The highest BCUT2D eigenvalue weighted by molar-refractivity contribution is 6.02. The van der Waals surface area contributed by atoms with E-state index in [4.69, 9.17) is 0 Å². The summed E-state index contributed by atoms with van der Waals surface area (Å²) in [6.45, 7) is 2.86. The largest absolute Gasteiger partial charge is 0.342 e. The van der Waals surface area contributed by atoms with E-state index in [0.29, 0.717) is 13.0 Å². The molecular formula is C23H29N3O3. The van der Waals surface area contributed by atoms with Gasteiger partial charge in [-0.3, -0.25) is 14.4 Å². The zero-order chi connectivity index (χ0) is 20.0. The van der Waals surface area contributed by atoms with Crippen LogP contribution in [0.4, 0.5) is 11.4 Å². The van der Waals surface area contributed by atoms with Crippen molar-refractivity contribution in [3.05, 3.63) is 23.8 Å². The molecule has 0 aromatic heterocycles. The molecule has 3 fully saturated rings. The van der Waals surface area contributed by atoms with E-state index in [1.807, 2.05) is 28.0 Å². The number of carbonyl (C=O) groups excluding carboxylic acids is 3. The van der Waals surface area contributed by atoms with Gasteiger partial charge in [0.2, 0.25) is 17.7 Å². The van der Waals surface area contributed by atoms with Gasteiger partial charge in [-0.15, -0.1) is 0 Å². The van der Waals surface area contributed by atoms with Gasteiger partial charge in [0.15, 0.2) is 0 Å². The molecule has 6 nitrogen and oxygen atoms in total. The third kappa shape index (κ3) is 3.53. The summed E-state index contributed by atoms with van der Waals surface area (Å²) in [5.74, 6) is 0.400. The van der Waals surface area contributed by atoms with Gasteiger partial charge in [-0.25, -0.2) is 0 Å². The minimum absolute atomic E-state index is 0.0297. The van der Waals surface area contributed by atoms with Crippen LogP contribution in [0.15, 0.2) is 18.2 Å². The van der Waals surface area contributed by atoms with Crippen molar-refractivity contribution < 1.29 is 14.4 Å². The van der Waals surface area contributed by atoms with Crippen molar-refractivity contribution in [2.75, 3.05) is 36.0 Å². The Bertz CT molecular complexity index is 840. The van der Waals surface area contributed by atoms with Gasteiger partial charge in [0.25, 0.3) is 0 Å². The van der Waals surface area contributed by atoms with E-state index in [9.17, 15) is 14.4 Å². The van der Waals surface area contributed by atoms with Crippen LogP contribution in [-0.2, 0) is 20.8 Å². The summed E-state index contributed by atoms with van der Waals surface area (Å²) in [5, 5.41) is 0. The van der Waals surface area contributed by atoms with Crippen molar-refractivity contribution >= 4 is 29.1 Å². The van der Waals surface area contributed by atoms with Crippen LogP contribution < -0.4 is 9.80 Å². The first-order valence-electron chi connectivity index (χ1n) is 11.2. The second-order valence-corrected chi connectivity index (χ2v) is 8.97. The van der Waals surface area contributed by atoms with Gasteiger partial charge >= 0.3 is 0 Å². The van der Waals surface area contributed by atoms with Crippen molar-refractivity contribution in [1.29, 1.82) is 0 Å². The van der Waals surface area contributed by atoms with Crippen molar-refractivity contribution in [1.82, 2.24) is 4.90 Å². The third-order valence-corrected chi connectivity index (χ3v) is 6.85. The molecule has 6 heteroatoms. The standard InChI is InChI=1S/C23H29N3O3/c27-21-14-18(22(28)24-10-3-1-2-4-11-24)15-26(21)19-7-8-20-17(13-19)9-12-25(20)23(29)16-5-6-16/h7-8,13,16,18H,1-6,9-12,14-15H2/t18-/m1/s1. The Kier molecular flexibility index (Phi) is 4.80. The number of hydrogen-bond donors (Lipinski definition) is 0. The number of amides is 3. The van der Waals surface area contributed by atoms with Crippen LogP contribution in [-0.4, -0.2) is 48.8 Å². The van der Waals surface area contributed by atoms with Crippen LogP contribution in [0.2, 0.25) is 0 Å². The molecule has 3 heterocycles. The molecule has 154 valence electrons. The molecule has 0 N–H and O–H groups in total. The number of hydrogen-bond acceptors (Lipinski definition) is 3. The molecule has 0 spiro atoms. The van der Waals surface area contributed by atoms with Crippen LogP contribution in [0.25, 0.3) is 0 Å². The Balaban J connectivity index is 1.29. The molecule has 1 aromatic rings. The summed E-state index contributed by atoms with van der Waals surface area (Å²) in [4.78, 5) is 43.8. The summed E-state index contributed by atoms with van der Waals surface area (Å²) in [6, 6.07) is 5.97. The van der Waals surface area contributed by atoms with Crippen LogP contribution >= 0.6 is 0 Å². The number of rotatable bonds is 3. The van der Waals surface area contributed by atoms with Gasteiger partial charge in [0.05, 0.1) is 5.92 Å². The maximum atomic E-state index is 13.0. The predicted molar refractivity (Wildman–Crippen MR) is 111 cm³/mol. The summed E-state index contributed by atoms with van der Waals surface area (Å²) in [5.41, 5.74) is 2.99. The number of anilines is 2. The molecule has 4 aliphatic rings. The van der Waals surface area contributed by atoms with Gasteiger partial charge in [-0.2, -0.15) is 0 Å². The summed E-state index contributed by atoms with van der Waals surface area (Å²) >= 11 is 0. The highest BCUT2D eigenvalue weighted by Crippen LogP contribution is 2.38. The molecule has 5 rings (SSSR count). The lowest BCUT2D eigenvalue weighted by molar-refractivity contribution is -0.135. The Hall–Kier alpha value is -2.37. The van der Waals surface area contributed by atoms with E-state index in [0.717, 1.165) is 68.7 Å². The average molecular weight is 396 g/mol. The quantitative estimate of drug-likeness (QED) is 0.791. The molecule has 1 saturated carbocycles. The first-order chi connectivity index (χ1) is 14.1. The number of likely N-dealkylation sites (tertiary alicyclic amines) is 1. The van der Waals surface area contributed by atoms with Crippen LogP contribution in [0, 0.1) is 11.8 Å². The van der Waals surface area contributed by atoms with Crippen molar-refractivity contribution in [2.45, 2.75) is 51.4 Å². The monoisotopic (exact) mass is 395 g/mol. The van der Waals surface area contributed by atoms with E-state index in [1.165, 1.54) is 12.8 Å². The Morgan fingerprint density at radius 2 is 1.66 bits per heavy atom. The molecule has 3 amide bonds. The Morgan fingerprint density at radius 1 is 0.897 bits per heavy atom. The van der Waals surface area contributed by atoms with Gasteiger partial charge in [0.1, 0.15) is 0 Å². The minimum atomic E-state index is -0.234. The SMILES string of the molecule is O=C([C@@H]1CC(=O)N(c2ccc3c(c2)CCN3C(=O)C2CC2)C1)N1CCCCCC1. The lowest BCUT2D eigenvalue weighted by Crippen LogP contribution is -2.38. The maximum Gasteiger partial charge on any atom is 0.230 e. The Labute approximate surface area is 171 Å². The first-order valence-corrected chi connectivity index (χ1v) is 11.2. The van der Waals surface area contributed by atoms with Crippen LogP contribution in [0.1, 0.15) is 50.5 Å². The fourth-order valence-electron chi connectivity index (χ4n) is 5.01. The molecule has 1 aromatic carbocycles. The normalized spacial score (nSPS) is 24.6. The van der Waals surface area contributed by atoms with Crippen molar-refractivity contribution in [2.24, 2.45) is 11.8 Å². The van der Waals surface area contributed by atoms with E-state index in [1.54, 1.807) is 4.90 Å². The molecular weight excluding hydrogens is 366 g/mol. The Morgan fingerprint density at radius 3 is 2.38 bits per heavy atom. The zero-order valence-corrected chi connectivity index (χ0v) is 16.9. The fourth-order valence-corrected chi connectivity index (χ4v) is 5.01. The van der Waals surface area contributed by atoms with Gasteiger partial charge in [0, 0.05) is 49.9 Å². The lowest BCUT2D eigenvalue weighted by atomic mass is 10.1. The van der Waals surface area contributed by atoms with Gasteiger partial charge in [-0.1, -0.05) is 12.8 Å². The molecule has 0 radical (unpaired) electrons. The van der Waals surface area contributed by atoms with Crippen LogP contribution in [0.3, 0.4) is 0 Å². The zero-order valence-electron chi connectivity index (χ0n) is 16.9. The lowest BCUT2D eigenvalue weighted by Gasteiger charge is -2.24. The molecule has 0 unspecified atom stereocenters. The molecule has 1 aliphatic carbocycles. The van der Waals surface area contributed by atoms with Crippen molar-refractivity contribution in [3.8, 4) is 0 Å². The van der Waals surface area contributed by atoms with Gasteiger partial charge in [-0.05, 0) is 55.9 Å². The summed E-state index contributed by atoms with van der Waals surface area (Å²) in [7, 11) is 0. The molecule has 1 atom stereocenters. The molecule has 29 heavy (non-hydrogen) atoms. The second-order valence-electron chi connectivity index (χ2n) is 8.97. The maximum absolute atomic E-state index is 13.0. The topological polar surface area (TPSA) is 60.9 Å². The summed E-state index contributed by atoms with van der Waals surface area (Å²) in [6.07, 6.45) is 7.67. The average Bonchev–Trinajstić information content (AvgIpc) is 3.46.